The molecule has 0 bridgehead atoms. The Labute approximate surface area is 193 Å². The summed E-state index contributed by atoms with van der Waals surface area (Å²) in [4.78, 5) is 22.6. The Morgan fingerprint density at radius 3 is 2.48 bits per heavy atom. The highest BCUT2D eigenvalue weighted by atomic mass is 15.1. The van der Waals surface area contributed by atoms with Crippen LogP contribution in [0.15, 0.2) is 73.1 Å². The summed E-state index contributed by atoms with van der Waals surface area (Å²) in [7, 11) is 0. The van der Waals surface area contributed by atoms with Crippen molar-refractivity contribution in [2.75, 3.05) is 18.4 Å². The summed E-state index contributed by atoms with van der Waals surface area (Å²) in [6.45, 7) is 3.93. The van der Waals surface area contributed by atoms with Crippen LogP contribution in [-0.2, 0) is 6.42 Å². The Bertz CT molecular complexity index is 1280. The maximum atomic E-state index is 4.67. The van der Waals surface area contributed by atoms with E-state index in [1.54, 1.807) is 12.4 Å². The Hall–Kier alpha value is -3.97. The van der Waals surface area contributed by atoms with Crippen molar-refractivity contribution in [1.29, 1.82) is 0 Å². The van der Waals surface area contributed by atoms with Gasteiger partial charge in [0.15, 0.2) is 5.82 Å². The molecule has 0 fully saturated rings. The molecule has 7 nitrogen and oxygen atoms in total. The monoisotopic (exact) mass is 435 g/mol. The lowest BCUT2D eigenvalue weighted by molar-refractivity contribution is 0.738. The van der Waals surface area contributed by atoms with Crippen molar-refractivity contribution in [1.82, 2.24) is 30.2 Å². The fourth-order valence-electron chi connectivity index (χ4n) is 3.81. The molecule has 33 heavy (non-hydrogen) atoms. The van der Waals surface area contributed by atoms with Crippen LogP contribution in [0.25, 0.3) is 17.1 Å². The molecule has 4 aromatic rings. The van der Waals surface area contributed by atoms with Gasteiger partial charge >= 0.3 is 0 Å². The van der Waals surface area contributed by atoms with E-state index < -0.39 is 0 Å². The van der Waals surface area contributed by atoms with Gasteiger partial charge in [0.05, 0.1) is 0 Å². The first-order chi connectivity index (χ1) is 16.2. The third kappa shape index (κ3) is 5.27. The summed E-state index contributed by atoms with van der Waals surface area (Å²) in [6, 6.07) is 18.2. The zero-order valence-electron chi connectivity index (χ0n) is 18.5. The van der Waals surface area contributed by atoms with E-state index in [0.29, 0.717) is 23.9 Å². The van der Waals surface area contributed by atoms with Crippen molar-refractivity contribution in [3.63, 3.8) is 0 Å². The number of aryl methyl sites for hydroxylation is 1. The van der Waals surface area contributed by atoms with Gasteiger partial charge in [-0.05, 0) is 60.9 Å². The maximum absolute atomic E-state index is 4.67. The quantitative estimate of drug-likeness (QED) is 0.465. The first-order valence-electron chi connectivity index (χ1n) is 11.1. The van der Waals surface area contributed by atoms with E-state index in [4.69, 9.17) is 0 Å². The van der Waals surface area contributed by atoms with E-state index in [-0.39, 0.29) is 0 Å². The van der Waals surface area contributed by atoms with Crippen LogP contribution in [0.2, 0.25) is 0 Å². The van der Waals surface area contributed by atoms with Crippen LogP contribution in [0, 0.1) is 6.92 Å². The average Bonchev–Trinajstić information content (AvgIpc) is 2.85. The summed E-state index contributed by atoms with van der Waals surface area (Å²) < 4.78 is 0. The molecule has 0 unspecified atom stereocenters. The smallest absolute Gasteiger partial charge is 0.180 e. The van der Waals surface area contributed by atoms with Crippen LogP contribution in [-0.4, -0.2) is 38.0 Å². The lowest BCUT2D eigenvalue weighted by Gasteiger charge is -2.14. The molecule has 1 aliphatic heterocycles. The normalized spacial score (nSPS) is 13.4. The summed E-state index contributed by atoms with van der Waals surface area (Å²) in [5.74, 6) is 2.68. The van der Waals surface area contributed by atoms with Crippen molar-refractivity contribution in [3.05, 3.63) is 95.7 Å². The summed E-state index contributed by atoms with van der Waals surface area (Å²) in [5.41, 5.74) is 5.55. The molecular weight excluding hydrogens is 410 g/mol. The molecule has 0 aliphatic carbocycles. The van der Waals surface area contributed by atoms with Crippen molar-refractivity contribution in [3.8, 4) is 11.5 Å². The standard InChI is InChI=1S/C26H25N7/c1-18-3-2-4-22(30-18)26-29-16-12-24(33-26)31-23-11-15-28-25(32-23)17-19-5-7-20(8-6-19)21-9-13-27-14-10-21/h2-9,11-12,15-16,27H,10,13-14,17H2,1H3,(H,28,29,31,32,33). The van der Waals surface area contributed by atoms with Gasteiger partial charge in [0.1, 0.15) is 23.2 Å². The van der Waals surface area contributed by atoms with E-state index in [9.17, 15) is 0 Å². The molecule has 0 amide bonds. The number of benzene rings is 1. The molecule has 0 spiro atoms. The van der Waals surface area contributed by atoms with Crippen LogP contribution < -0.4 is 10.6 Å². The molecule has 7 heteroatoms. The Balaban J connectivity index is 1.29. The molecule has 2 N–H and O–H groups in total. The number of pyridine rings is 1. The fourth-order valence-corrected chi connectivity index (χ4v) is 3.81. The highest BCUT2D eigenvalue weighted by Crippen LogP contribution is 2.21. The number of anilines is 2. The minimum Gasteiger partial charge on any atom is -0.325 e. The van der Waals surface area contributed by atoms with Crippen LogP contribution in [0.4, 0.5) is 11.6 Å². The molecule has 164 valence electrons. The number of hydrogen-bond donors (Lipinski definition) is 2. The molecule has 0 saturated carbocycles. The highest BCUT2D eigenvalue weighted by molar-refractivity contribution is 5.66. The summed E-state index contributed by atoms with van der Waals surface area (Å²) in [5, 5.41) is 6.62. The molecule has 1 aromatic carbocycles. The van der Waals surface area contributed by atoms with Crippen LogP contribution in [0.5, 0.6) is 0 Å². The summed E-state index contributed by atoms with van der Waals surface area (Å²) in [6.07, 6.45) is 7.49. The second-order valence-corrected chi connectivity index (χ2v) is 7.97. The molecule has 3 aromatic heterocycles. The van der Waals surface area contributed by atoms with E-state index >= 15 is 0 Å². The van der Waals surface area contributed by atoms with Gasteiger partial charge in [0, 0.05) is 31.1 Å². The lowest BCUT2D eigenvalue weighted by Crippen LogP contribution is -2.19. The van der Waals surface area contributed by atoms with Crippen molar-refractivity contribution in [2.45, 2.75) is 19.8 Å². The minimum absolute atomic E-state index is 0.571. The van der Waals surface area contributed by atoms with E-state index in [0.717, 1.165) is 36.7 Å². The van der Waals surface area contributed by atoms with Crippen molar-refractivity contribution >= 4 is 17.2 Å². The Morgan fingerprint density at radius 2 is 1.70 bits per heavy atom. The van der Waals surface area contributed by atoms with Gasteiger partial charge in [-0.25, -0.2) is 24.9 Å². The van der Waals surface area contributed by atoms with Crippen molar-refractivity contribution < 1.29 is 0 Å². The fraction of sp³-hybridized carbons (Fsp3) is 0.192. The van der Waals surface area contributed by atoms with Gasteiger partial charge < -0.3 is 10.6 Å². The highest BCUT2D eigenvalue weighted by Gasteiger charge is 2.08. The van der Waals surface area contributed by atoms with E-state index in [1.165, 1.54) is 16.7 Å². The number of hydrogen-bond acceptors (Lipinski definition) is 7. The zero-order valence-corrected chi connectivity index (χ0v) is 18.5. The third-order valence-corrected chi connectivity index (χ3v) is 5.49. The molecule has 1 aliphatic rings. The van der Waals surface area contributed by atoms with Crippen LogP contribution >= 0.6 is 0 Å². The topological polar surface area (TPSA) is 88.5 Å². The molecule has 0 atom stereocenters. The second-order valence-electron chi connectivity index (χ2n) is 7.97. The van der Waals surface area contributed by atoms with Crippen LogP contribution in [0.3, 0.4) is 0 Å². The molecular formula is C26H25N7. The molecule has 0 saturated heterocycles. The average molecular weight is 436 g/mol. The van der Waals surface area contributed by atoms with E-state index in [1.807, 2.05) is 37.3 Å². The molecule has 0 radical (unpaired) electrons. The molecule has 4 heterocycles. The van der Waals surface area contributed by atoms with E-state index in [2.05, 4.69) is 65.9 Å². The number of rotatable bonds is 6. The van der Waals surface area contributed by atoms with Crippen LogP contribution in [0.1, 0.15) is 29.1 Å². The van der Waals surface area contributed by atoms with Crippen molar-refractivity contribution in [2.24, 2.45) is 0 Å². The van der Waals surface area contributed by atoms with Gasteiger partial charge in [-0.15, -0.1) is 0 Å². The van der Waals surface area contributed by atoms with Gasteiger partial charge in [-0.3, -0.25) is 0 Å². The SMILES string of the molecule is Cc1cccc(-c2nccc(Nc3ccnc(Cc4ccc(C5=CCNCC5)cc4)n3)n2)n1. The Morgan fingerprint density at radius 1 is 0.879 bits per heavy atom. The number of aromatic nitrogens is 5. The van der Waals surface area contributed by atoms with Gasteiger partial charge in [0.2, 0.25) is 0 Å². The Kier molecular flexibility index (Phi) is 6.12. The predicted molar refractivity (Wildman–Crippen MR) is 130 cm³/mol. The first-order valence-corrected chi connectivity index (χ1v) is 11.1. The maximum Gasteiger partial charge on any atom is 0.180 e. The molecule has 5 rings (SSSR count). The third-order valence-electron chi connectivity index (χ3n) is 5.49. The number of nitrogens with one attached hydrogen (secondary N) is 2. The minimum atomic E-state index is 0.571. The zero-order chi connectivity index (χ0) is 22.5. The second kappa shape index (κ2) is 9.67. The van der Waals surface area contributed by atoms with Gasteiger partial charge in [-0.1, -0.05) is 36.4 Å². The largest absolute Gasteiger partial charge is 0.325 e. The predicted octanol–water partition coefficient (Wildman–Crippen LogP) is 4.35. The first kappa shape index (κ1) is 20.9. The summed E-state index contributed by atoms with van der Waals surface area (Å²) >= 11 is 0. The number of nitrogens with zero attached hydrogens (tertiary/aromatic N) is 5. The lowest BCUT2D eigenvalue weighted by atomic mass is 9.98. The van der Waals surface area contributed by atoms with Gasteiger partial charge in [-0.2, -0.15) is 0 Å². The van der Waals surface area contributed by atoms with Gasteiger partial charge in [0.25, 0.3) is 0 Å².